The molecule has 1 N–H and O–H groups in total. The molecule has 1 aromatic carbocycles. The number of tetrazole rings is 1. The largest absolute Gasteiger partial charge is 0.378 e. The predicted octanol–water partition coefficient (Wildman–Crippen LogP) is 3.06. The second-order valence-electron chi connectivity index (χ2n) is 6.70. The third kappa shape index (κ3) is 3.87. The van der Waals surface area contributed by atoms with Gasteiger partial charge in [0.25, 0.3) is 0 Å². The summed E-state index contributed by atoms with van der Waals surface area (Å²) in [6, 6.07) is 7.78. The lowest BCUT2D eigenvalue weighted by Crippen LogP contribution is -2.33. The maximum Gasteiger partial charge on any atom is 0.227 e. The van der Waals surface area contributed by atoms with E-state index in [9.17, 15) is 4.79 Å². The van der Waals surface area contributed by atoms with Crippen molar-refractivity contribution in [2.24, 2.45) is 5.92 Å². The van der Waals surface area contributed by atoms with Crippen molar-refractivity contribution in [1.82, 2.24) is 20.2 Å². The Morgan fingerprint density at radius 2 is 2.20 bits per heavy atom. The number of hydrogen-bond donors (Lipinski definition) is 1. The number of rotatable bonds is 5. The van der Waals surface area contributed by atoms with Crippen molar-refractivity contribution in [2.45, 2.75) is 52.2 Å². The second-order valence-corrected chi connectivity index (χ2v) is 6.70. The van der Waals surface area contributed by atoms with Gasteiger partial charge >= 0.3 is 0 Å². The van der Waals surface area contributed by atoms with Crippen LogP contribution in [0.2, 0.25) is 0 Å². The summed E-state index contributed by atoms with van der Waals surface area (Å²) in [4.78, 5) is 12.7. The van der Waals surface area contributed by atoms with Crippen molar-refractivity contribution in [3.05, 3.63) is 24.3 Å². The first-order valence-electron chi connectivity index (χ1n) is 8.89. The van der Waals surface area contributed by atoms with E-state index in [2.05, 4.69) is 27.8 Å². The van der Waals surface area contributed by atoms with Crippen LogP contribution in [0.3, 0.4) is 0 Å². The highest BCUT2D eigenvalue weighted by Gasteiger charge is 2.27. The quantitative estimate of drug-likeness (QED) is 0.902. The van der Waals surface area contributed by atoms with Crippen LogP contribution in [0.15, 0.2) is 24.3 Å². The summed E-state index contributed by atoms with van der Waals surface area (Å²) in [6.45, 7) is 6.78. The first-order chi connectivity index (χ1) is 12.1. The monoisotopic (exact) mass is 343 g/mol. The molecule has 3 rings (SSSR count). The number of nitrogens with zero attached hydrogens (tertiary/aromatic N) is 4. The van der Waals surface area contributed by atoms with E-state index in [0.717, 1.165) is 30.5 Å². The van der Waals surface area contributed by atoms with E-state index in [4.69, 9.17) is 4.74 Å². The highest BCUT2D eigenvalue weighted by Crippen LogP contribution is 2.29. The molecule has 2 aromatic rings. The fourth-order valence-electron chi connectivity index (χ4n) is 3.14. The van der Waals surface area contributed by atoms with Gasteiger partial charge in [-0.3, -0.25) is 4.79 Å². The van der Waals surface area contributed by atoms with Gasteiger partial charge in [0.1, 0.15) is 0 Å². The number of aromatic nitrogens is 4. The first kappa shape index (κ1) is 17.5. The topological polar surface area (TPSA) is 81.9 Å². The third-order valence-electron chi connectivity index (χ3n) is 4.60. The number of carbonyl (C=O) groups is 1. The maximum absolute atomic E-state index is 12.7. The van der Waals surface area contributed by atoms with Gasteiger partial charge in [0.05, 0.1) is 17.8 Å². The fraction of sp³-hybridized carbons (Fsp3) is 0.556. The molecule has 0 radical (unpaired) electrons. The van der Waals surface area contributed by atoms with Crippen LogP contribution in [0.1, 0.15) is 46.1 Å². The van der Waals surface area contributed by atoms with E-state index < -0.39 is 0 Å². The van der Waals surface area contributed by atoms with Crippen LogP contribution in [0.4, 0.5) is 5.69 Å². The van der Waals surface area contributed by atoms with E-state index in [1.54, 1.807) is 4.68 Å². The summed E-state index contributed by atoms with van der Waals surface area (Å²) in [5.41, 5.74) is 1.57. The Morgan fingerprint density at radius 3 is 2.96 bits per heavy atom. The molecule has 1 aromatic heterocycles. The van der Waals surface area contributed by atoms with Gasteiger partial charge in [-0.1, -0.05) is 19.1 Å². The lowest BCUT2D eigenvalue weighted by molar-refractivity contribution is -0.124. The molecule has 1 aliphatic heterocycles. The van der Waals surface area contributed by atoms with E-state index in [1.165, 1.54) is 0 Å². The molecule has 25 heavy (non-hydrogen) atoms. The van der Waals surface area contributed by atoms with Crippen LogP contribution in [-0.2, 0) is 9.53 Å². The van der Waals surface area contributed by atoms with Gasteiger partial charge in [0.15, 0.2) is 5.82 Å². The molecule has 0 saturated carbocycles. The molecule has 0 spiro atoms. The Labute approximate surface area is 147 Å². The minimum Gasteiger partial charge on any atom is -0.378 e. The zero-order valence-corrected chi connectivity index (χ0v) is 15.0. The number of nitrogens with one attached hydrogen (secondary N) is 1. The molecular formula is C18H25N5O2. The highest BCUT2D eigenvalue weighted by molar-refractivity contribution is 5.96. The van der Waals surface area contributed by atoms with Gasteiger partial charge in [-0.2, -0.15) is 0 Å². The number of benzene rings is 1. The lowest BCUT2D eigenvalue weighted by Gasteiger charge is -2.28. The molecule has 134 valence electrons. The standard InChI is InChI=1S/C18H25N5O2/c1-4-14-11-13(9-10-25-14)18(24)19-16-8-6-5-7-15(16)17-20-21-22-23(17)12(2)3/h5-8,12-14H,4,9-11H2,1-3H3,(H,19,24)/t13-,14-/m1/s1. The third-order valence-corrected chi connectivity index (χ3v) is 4.60. The van der Waals surface area contributed by atoms with Gasteiger partial charge in [-0.25, -0.2) is 4.68 Å². The predicted molar refractivity (Wildman–Crippen MR) is 95.0 cm³/mol. The zero-order valence-electron chi connectivity index (χ0n) is 15.0. The van der Waals surface area contributed by atoms with E-state index in [1.807, 2.05) is 38.1 Å². The van der Waals surface area contributed by atoms with Crippen molar-refractivity contribution < 1.29 is 9.53 Å². The average Bonchev–Trinajstić information content (AvgIpc) is 3.12. The fourth-order valence-corrected chi connectivity index (χ4v) is 3.14. The van der Waals surface area contributed by atoms with E-state index in [0.29, 0.717) is 12.4 Å². The van der Waals surface area contributed by atoms with Gasteiger partial charge in [0.2, 0.25) is 5.91 Å². The smallest absolute Gasteiger partial charge is 0.227 e. The Hall–Kier alpha value is -2.28. The van der Waals surface area contributed by atoms with Gasteiger partial charge < -0.3 is 10.1 Å². The number of anilines is 1. The Morgan fingerprint density at radius 1 is 1.40 bits per heavy atom. The molecule has 1 aliphatic rings. The number of hydrogen-bond acceptors (Lipinski definition) is 5. The molecule has 0 aliphatic carbocycles. The maximum atomic E-state index is 12.7. The van der Waals surface area contributed by atoms with Crippen molar-refractivity contribution in [1.29, 1.82) is 0 Å². The van der Waals surface area contributed by atoms with E-state index in [-0.39, 0.29) is 24.0 Å². The number of para-hydroxylation sites is 1. The molecule has 7 heteroatoms. The summed E-state index contributed by atoms with van der Waals surface area (Å²) in [5, 5.41) is 15.1. The average molecular weight is 343 g/mol. The van der Waals surface area contributed by atoms with Crippen LogP contribution in [0, 0.1) is 5.92 Å². The van der Waals surface area contributed by atoms with Crippen LogP contribution >= 0.6 is 0 Å². The molecule has 2 atom stereocenters. The Balaban J connectivity index is 1.82. The number of carbonyl (C=O) groups excluding carboxylic acids is 1. The molecular weight excluding hydrogens is 318 g/mol. The SMILES string of the molecule is CC[C@@H]1C[C@H](C(=O)Nc2ccccc2-c2nnnn2C(C)C)CCO1. The molecule has 1 fully saturated rings. The van der Waals surface area contributed by atoms with Crippen molar-refractivity contribution in [2.75, 3.05) is 11.9 Å². The van der Waals surface area contributed by atoms with Crippen LogP contribution in [-0.4, -0.2) is 38.8 Å². The van der Waals surface area contributed by atoms with Crippen LogP contribution in [0.5, 0.6) is 0 Å². The van der Waals surface area contributed by atoms with Crippen molar-refractivity contribution in [3.8, 4) is 11.4 Å². The highest BCUT2D eigenvalue weighted by atomic mass is 16.5. The molecule has 1 amide bonds. The first-order valence-corrected chi connectivity index (χ1v) is 8.89. The molecule has 7 nitrogen and oxygen atoms in total. The van der Waals surface area contributed by atoms with Crippen molar-refractivity contribution in [3.63, 3.8) is 0 Å². The zero-order chi connectivity index (χ0) is 17.8. The van der Waals surface area contributed by atoms with E-state index >= 15 is 0 Å². The number of ether oxygens (including phenoxy) is 1. The summed E-state index contributed by atoms with van der Waals surface area (Å²) in [5.74, 6) is 0.676. The normalized spacial score (nSPS) is 20.6. The molecule has 1 saturated heterocycles. The van der Waals surface area contributed by atoms with Crippen LogP contribution in [0.25, 0.3) is 11.4 Å². The van der Waals surface area contributed by atoms with Crippen molar-refractivity contribution >= 4 is 11.6 Å². The Bertz CT molecular complexity index is 728. The summed E-state index contributed by atoms with van der Waals surface area (Å²) < 4.78 is 7.43. The van der Waals surface area contributed by atoms with Gasteiger partial charge in [0, 0.05) is 18.1 Å². The number of amides is 1. The minimum absolute atomic E-state index is 0.0205. The summed E-state index contributed by atoms with van der Waals surface area (Å²) in [6.07, 6.45) is 2.64. The van der Waals surface area contributed by atoms with Crippen LogP contribution < -0.4 is 5.32 Å². The summed E-state index contributed by atoms with van der Waals surface area (Å²) in [7, 11) is 0. The summed E-state index contributed by atoms with van der Waals surface area (Å²) >= 11 is 0. The lowest BCUT2D eigenvalue weighted by atomic mass is 9.93. The minimum atomic E-state index is -0.0205. The Kier molecular flexibility index (Phi) is 5.43. The second kappa shape index (κ2) is 7.74. The molecule has 0 unspecified atom stereocenters. The van der Waals surface area contributed by atoms with Gasteiger partial charge in [-0.05, 0) is 55.7 Å². The molecule has 0 bridgehead atoms. The molecule has 2 heterocycles. The van der Waals surface area contributed by atoms with Gasteiger partial charge in [-0.15, -0.1) is 5.10 Å².